The van der Waals surface area contributed by atoms with Gasteiger partial charge in [0, 0.05) is 18.5 Å². The van der Waals surface area contributed by atoms with Gasteiger partial charge in [0.1, 0.15) is 5.75 Å². The van der Waals surface area contributed by atoms with Crippen LogP contribution in [0.1, 0.15) is 57.4 Å². The van der Waals surface area contributed by atoms with Gasteiger partial charge in [-0.3, -0.25) is 4.90 Å². The Labute approximate surface area is 147 Å². The minimum Gasteiger partial charge on any atom is -0.496 e. The van der Waals surface area contributed by atoms with Crippen molar-refractivity contribution < 1.29 is 9.84 Å². The average molecular weight is 332 g/mol. The number of nitrogens with zero attached hydrogens (tertiary/aromatic N) is 1. The second-order valence-electron chi connectivity index (χ2n) is 8.01. The molecule has 0 spiro atoms. The summed E-state index contributed by atoms with van der Waals surface area (Å²) >= 11 is 0. The SMILES string of the molecule is COc1ccccc1C1CCN(C2CCC(C(C)C)CC2)CC1O. The first kappa shape index (κ1) is 17.8. The van der Waals surface area contributed by atoms with E-state index < -0.39 is 0 Å². The number of rotatable bonds is 4. The molecule has 2 atom stereocenters. The maximum atomic E-state index is 10.8. The second-order valence-corrected chi connectivity index (χ2v) is 8.01. The van der Waals surface area contributed by atoms with Crippen LogP contribution < -0.4 is 4.74 Å². The second kappa shape index (κ2) is 7.88. The zero-order valence-corrected chi connectivity index (χ0v) is 15.4. The van der Waals surface area contributed by atoms with Gasteiger partial charge in [-0.2, -0.15) is 0 Å². The fraction of sp³-hybridized carbons (Fsp3) is 0.714. The Balaban J connectivity index is 1.60. The van der Waals surface area contributed by atoms with E-state index >= 15 is 0 Å². The van der Waals surface area contributed by atoms with E-state index in [0.717, 1.165) is 42.7 Å². The lowest BCUT2D eigenvalue weighted by molar-refractivity contribution is 0.0141. The molecule has 0 radical (unpaired) electrons. The number of piperidine rings is 1. The summed E-state index contributed by atoms with van der Waals surface area (Å²) in [5.74, 6) is 2.82. The molecule has 1 N–H and O–H groups in total. The van der Waals surface area contributed by atoms with Crippen molar-refractivity contribution in [3.05, 3.63) is 29.8 Å². The first-order chi connectivity index (χ1) is 11.6. The Bertz CT molecular complexity index is 522. The Hall–Kier alpha value is -1.06. The normalized spacial score (nSPS) is 32.0. The molecule has 3 nitrogen and oxygen atoms in total. The van der Waals surface area contributed by atoms with E-state index in [4.69, 9.17) is 4.74 Å². The smallest absolute Gasteiger partial charge is 0.122 e. The monoisotopic (exact) mass is 331 g/mol. The van der Waals surface area contributed by atoms with Crippen LogP contribution in [-0.2, 0) is 0 Å². The van der Waals surface area contributed by atoms with E-state index in [9.17, 15) is 5.11 Å². The Kier molecular flexibility index (Phi) is 5.83. The van der Waals surface area contributed by atoms with Gasteiger partial charge in [-0.25, -0.2) is 0 Å². The van der Waals surface area contributed by atoms with Crippen LogP contribution in [0.2, 0.25) is 0 Å². The number of para-hydroxylation sites is 1. The summed E-state index contributed by atoms with van der Waals surface area (Å²) in [6.07, 6.45) is 6.03. The van der Waals surface area contributed by atoms with Gasteiger partial charge in [-0.05, 0) is 62.1 Å². The van der Waals surface area contributed by atoms with Crippen LogP contribution in [0.4, 0.5) is 0 Å². The van der Waals surface area contributed by atoms with Crippen molar-refractivity contribution in [2.24, 2.45) is 11.8 Å². The molecule has 0 bridgehead atoms. The standard InChI is InChI=1S/C21H33NO2/c1-15(2)16-8-10-17(11-9-16)22-13-12-18(20(23)14-22)19-6-4-5-7-21(19)24-3/h4-7,15-18,20,23H,8-14H2,1-3H3. The van der Waals surface area contributed by atoms with Crippen LogP contribution in [0.15, 0.2) is 24.3 Å². The fourth-order valence-corrected chi connectivity index (χ4v) is 4.76. The summed E-state index contributed by atoms with van der Waals surface area (Å²) in [6.45, 7) is 6.61. The van der Waals surface area contributed by atoms with Gasteiger partial charge in [-0.1, -0.05) is 32.0 Å². The third kappa shape index (κ3) is 3.78. The van der Waals surface area contributed by atoms with Gasteiger partial charge < -0.3 is 9.84 Å². The molecule has 2 fully saturated rings. The number of β-amino-alcohol motifs (C(OH)–C–C–N with tert-alkyl or cyclic N) is 1. The highest BCUT2D eigenvalue weighted by atomic mass is 16.5. The Morgan fingerprint density at radius 1 is 1.08 bits per heavy atom. The van der Waals surface area contributed by atoms with Crippen LogP contribution in [0.5, 0.6) is 5.75 Å². The minimum atomic E-state index is -0.294. The van der Waals surface area contributed by atoms with Crippen molar-refractivity contribution in [3.63, 3.8) is 0 Å². The number of likely N-dealkylation sites (tertiary alicyclic amines) is 1. The molecule has 1 aromatic carbocycles. The number of ether oxygens (including phenoxy) is 1. The number of aliphatic hydroxyl groups is 1. The molecule has 1 saturated heterocycles. The summed E-state index contributed by atoms with van der Waals surface area (Å²) in [7, 11) is 1.72. The summed E-state index contributed by atoms with van der Waals surface area (Å²) < 4.78 is 5.50. The molecule has 24 heavy (non-hydrogen) atoms. The van der Waals surface area contributed by atoms with Gasteiger partial charge >= 0.3 is 0 Å². The third-order valence-corrected chi connectivity index (χ3v) is 6.35. The number of methoxy groups -OCH3 is 1. The highest BCUT2D eigenvalue weighted by Crippen LogP contribution is 2.37. The minimum absolute atomic E-state index is 0.199. The molecule has 1 aromatic rings. The summed E-state index contributed by atoms with van der Waals surface area (Å²) in [5, 5.41) is 10.8. The molecule has 134 valence electrons. The number of benzene rings is 1. The van der Waals surface area contributed by atoms with Crippen LogP contribution in [0.25, 0.3) is 0 Å². The van der Waals surface area contributed by atoms with Crippen molar-refractivity contribution in [1.82, 2.24) is 4.90 Å². The van der Waals surface area contributed by atoms with E-state index in [2.05, 4.69) is 24.8 Å². The molecule has 2 aliphatic rings. The van der Waals surface area contributed by atoms with Gasteiger partial charge in [0.2, 0.25) is 0 Å². The maximum absolute atomic E-state index is 10.8. The number of hydrogen-bond donors (Lipinski definition) is 1. The van der Waals surface area contributed by atoms with Crippen molar-refractivity contribution in [1.29, 1.82) is 0 Å². The molecule has 0 aromatic heterocycles. The lowest BCUT2D eigenvalue weighted by atomic mass is 9.78. The van der Waals surface area contributed by atoms with Gasteiger partial charge in [-0.15, -0.1) is 0 Å². The predicted octanol–water partition coefficient (Wildman–Crippen LogP) is 4.06. The van der Waals surface area contributed by atoms with E-state index in [1.807, 2.05) is 18.2 Å². The topological polar surface area (TPSA) is 32.7 Å². The molecule has 1 aliphatic heterocycles. The zero-order chi connectivity index (χ0) is 17.1. The van der Waals surface area contributed by atoms with Crippen molar-refractivity contribution in [2.45, 2.75) is 64.0 Å². The molecule has 3 rings (SSSR count). The van der Waals surface area contributed by atoms with Crippen LogP contribution in [0.3, 0.4) is 0 Å². The average Bonchev–Trinajstić information content (AvgIpc) is 2.61. The predicted molar refractivity (Wildman–Crippen MR) is 98.5 cm³/mol. The van der Waals surface area contributed by atoms with Gasteiger partial charge in [0.15, 0.2) is 0 Å². The molecule has 1 aliphatic carbocycles. The largest absolute Gasteiger partial charge is 0.496 e. The molecular formula is C21H33NO2. The zero-order valence-electron chi connectivity index (χ0n) is 15.4. The first-order valence-corrected chi connectivity index (χ1v) is 9.65. The quantitative estimate of drug-likeness (QED) is 0.903. The third-order valence-electron chi connectivity index (χ3n) is 6.35. The van der Waals surface area contributed by atoms with E-state index in [0.29, 0.717) is 6.04 Å². The molecule has 1 saturated carbocycles. The Morgan fingerprint density at radius 2 is 1.79 bits per heavy atom. The molecule has 1 heterocycles. The number of hydrogen-bond acceptors (Lipinski definition) is 3. The number of aliphatic hydroxyl groups excluding tert-OH is 1. The molecular weight excluding hydrogens is 298 g/mol. The highest BCUT2D eigenvalue weighted by Gasteiger charge is 2.35. The van der Waals surface area contributed by atoms with E-state index in [-0.39, 0.29) is 12.0 Å². The van der Waals surface area contributed by atoms with Crippen molar-refractivity contribution >= 4 is 0 Å². The van der Waals surface area contributed by atoms with Crippen molar-refractivity contribution in [2.75, 3.05) is 20.2 Å². The Morgan fingerprint density at radius 3 is 2.42 bits per heavy atom. The van der Waals surface area contributed by atoms with Gasteiger partial charge in [0.25, 0.3) is 0 Å². The molecule has 2 unspecified atom stereocenters. The maximum Gasteiger partial charge on any atom is 0.122 e. The van der Waals surface area contributed by atoms with Crippen LogP contribution in [0, 0.1) is 11.8 Å². The van der Waals surface area contributed by atoms with Crippen LogP contribution in [-0.4, -0.2) is 42.4 Å². The van der Waals surface area contributed by atoms with E-state index in [1.54, 1.807) is 7.11 Å². The first-order valence-electron chi connectivity index (χ1n) is 9.65. The summed E-state index contributed by atoms with van der Waals surface area (Å²) in [5.41, 5.74) is 1.16. The lowest BCUT2D eigenvalue weighted by Gasteiger charge is -2.43. The highest BCUT2D eigenvalue weighted by molar-refractivity contribution is 5.37. The molecule has 3 heteroatoms. The summed E-state index contributed by atoms with van der Waals surface area (Å²) in [6, 6.07) is 8.83. The van der Waals surface area contributed by atoms with Crippen LogP contribution >= 0.6 is 0 Å². The van der Waals surface area contributed by atoms with Gasteiger partial charge in [0.05, 0.1) is 13.2 Å². The lowest BCUT2D eigenvalue weighted by Crippen LogP contribution is -2.48. The van der Waals surface area contributed by atoms with Crippen molar-refractivity contribution in [3.8, 4) is 5.75 Å². The van der Waals surface area contributed by atoms with E-state index in [1.165, 1.54) is 25.7 Å². The molecule has 0 amide bonds. The summed E-state index contributed by atoms with van der Waals surface area (Å²) in [4.78, 5) is 2.55. The fourth-order valence-electron chi connectivity index (χ4n) is 4.76.